The van der Waals surface area contributed by atoms with Crippen LogP contribution in [0.4, 0.5) is 5.69 Å². The Bertz CT molecular complexity index is 807. The van der Waals surface area contributed by atoms with Gasteiger partial charge in [-0.1, -0.05) is 12.1 Å². The van der Waals surface area contributed by atoms with E-state index in [1.807, 2.05) is 0 Å². The summed E-state index contributed by atoms with van der Waals surface area (Å²) in [5.74, 6) is -0.286. The Kier molecular flexibility index (Phi) is 3.61. The Hall–Kier alpha value is -2.17. The second kappa shape index (κ2) is 5.07. The third-order valence-electron chi connectivity index (χ3n) is 2.67. The Morgan fingerprint density at radius 3 is 2.50 bits per heavy atom. The van der Waals surface area contributed by atoms with E-state index in [1.165, 1.54) is 30.3 Å². The monoisotopic (exact) mass is 293 g/mol. The summed E-state index contributed by atoms with van der Waals surface area (Å²) in [5, 5.41) is 19.3. The number of benzene rings is 2. The quantitative estimate of drug-likeness (QED) is 0.693. The second-order valence-electron chi connectivity index (χ2n) is 4.48. The SMILES string of the molecule is CC(C)OS(=O)(=O)c1cccc2c(O)c([N+]#N)ccc12. The van der Waals surface area contributed by atoms with Crippen LogP contribution in [0.5, 0.6) is 5.75 Å². The molecule has 0 aliphatic heterocycles. The fourth-order valence-corrected chi connectivity index (χ4v) is 3.21. The third kappa shape index (κ3) is 2.43. The van der Waals surface area contributed by atoms with E-state index >= 15 is 0 Å². The highest BCUT2D eigenvalue weighted by atomic mass is 32.2. The summed E-state index contributed by atoms with van der Waals surface area (Å²) in [6.45, 7) is 3.23. The van der Waals surface area contributed by atoms with Crippen LogP contribution in [0.15, 0.2) is 35.2 Å². The predicted octanol–water partition coefficient (Wildman–Crippen LogP) is 3.14. The van der Waals surface area contributed by atoms with Gasteiger partial charge in [0.1, 0.15) is 4.90 Å². The Morgan fingerprint density at radius 1 is 1.20 bits per heavy atom. The fraction of sp³-hybridized carbons (Fsp3) is 0.231. The Morgan fingerprint density at radius 2 is 1.90 bits per heavy atom. The van der Waals surface area contributed by atoms with Gasteiger partial charge in [0.15, 0.2) is 4.98 Å². The lowest BCUT2D eigenvalue weighted by Crippen LogP contribution is -2.12. The van der Waals surface area contributed by atoms with Crippen molar-refractivity contribution in [3.05, 3.63) is 35.3 Å². The topological polar surface area (TPSA) is 91.8 Å². The van der Waals surface area contributed by atoms with E-state index in [9.17, 15) is 13.5 Å². The summed E-state index contributed by atoms with van der Waals surface area (Å²) in [6.07, 6.45) is -0.490. The van der Waals surface area contributed by atoms with Crippen LogP contribution in [0.3, 0.4) is 0 Å². The van der Waals surface area contributed by atoms with Crippen molar-refractivity contribution in [1.29, 1.82) is 5.39 Å². The van der Waals surface area contributed by atoms with Crippen LogP contribution in [-0.2, 0) is 14.3 Å². The van der Waals surface area contributed by atoms with Crippen LogP contribution in [0.25, 0.3) is 15.7 Å². The molecule has 0 atom stereocenters. The molecule has 20 heavy (non-hydrogen) atoms. The first-order chi connectivity index (χ1) is 9.36. The van der Waals surface area contributed by atoms with E-state index in [0.717, 1.165) is 0 Å². The van der Waals surface area contributed by atoms with E-state index in [-0.39, 0.29) is 21.7 Å². The smallest absolute Gasteiger partial charge is 0.426 e. The predicted molar refractivity (Wildman–Crippen MR) is 73.8 cm³/mol. The normalized spacial score (nSPS) is 11.7. The first-order valence-corrected chi connectivity index (χ1v) is 7.30. The average molecular weight is 293 g/mol. The molecule has 2 rings (SSSR count). The third-order valence-corrected chi connectivity index (χ3v) is 4.20. The van der Waals surface area contributed by atoms with Crippen LogP contribution < -0.4 is 0 Å². The van der Waals surface area contributed by atoms with E-state index in [2.05, 4.69) is 4.98 Å². The average Bonchev–Trinajstić information content (AvgIpc) is 2.37. The number of hydrogen-bond donors (Lipinski definition) is 1. The van der Waals surface area contributed by atoms with Crippen LogP contribution in [0.1, 0.15) is 13.8 Å². The molecular formula is C13H13N2O4S+. The van der Waals surface area contributed by atoms with Gasteiger partial charge in [-0.15, -0.1) is 0 Å². The molecule has 0 aromatic heterocycles. The summed E-state index contributed by atoms with van der Waals surface area (Å²) in [4.78, 5) is 2.89. The number of rotatable bonds is 3. The second-order valence-corrected chi connectivity index (χ2v) is 6.02. The minimum atomic E-state index is -3.93. The minimum Gasteiger partial charge on any atom is -0.501 e. The van der Waals surface area contributed by atoms with Crippen LogP contribution in [-0.4, -0.2) is 19.6 Å². The van der Waals surface area contributed by atoms with Gasteiger partial charge in [0.05, 0.1) is 6.10 Å². The number of phenols is 1. The molecule has 0 bridgehead atoms. The van der Waals surface area contributed by atoms with Gasteiger partial charge in [-0.25, -0.2) is 0 Å². The molecule has 0 saturated carbocycles. The van der Waals surface area contributed by atoms with Crippen molar-refractivity contribution in [2.75, 3.05) is 0 Å². The van der Waals surface area contributed by atoms with Gasteiger partial charge in [0.25, 0.3) is 10.1 Å². The fourth-order valence-electron chi connectivity index (χ4n) is 1.91. The van der Waals surface area contributed by atoms with Gasteiger partial charge in [-0.05, 0) is 26.0 Å². The standard InChI is InChI=1S/C13H12N2O4S/c1-8(2)19-20(17,18)12-5-3-4-10-9(12)6-7-11(15-14)13(10)16/h3-8H,1-2H3/p+1. The van der Waals surface area contributed by atoms with Crippen molar-refractivity contribution in [1.82, 2.24) is 0 Å². The maximum Gasteiger partial charge on any atom is 0.426 e. The number of hydrogen-bond acceptors (Lipinski definition) is 5. The van der Waals surface area contributed by atoms with Gasteiger partial charge in [-0.2, -0.15) is 8.42 Å². The molecule has 2 aromatic rings. The van der Waals surface area contributed by atoms with Crippen LogP contribution in [0.2, 0.25) is 0 Å². The van der Waals surface area contributed by atoms with Gasteiger partial charge >= 0.3 is 5.69 Å². The molecule has 7 heteroatoms. The molecule has 0 saturated heterocycles. The summed E-state index contributed by atoms with van der Waals surface area (Å²) in [6, 6.07) is 7.20. The first-order valence-electron chi connectivity index (χ1n) is 5.90. The highest BCUT2D eigenvalue weighted by molar-refractivity contribution is 7.87. The van der Waals surface area contributed by atoms with E-state index in [4.69, 9.17) is 9.58 Å². The zero-order valence-corrected chi connectivity index (χ0v) is 11.8. The first kappa shape index (κ1) is 14.2. The number of fused-ring (bicyclic) bond motifs is 1. The highest BCUT2D eigenvalue weighted by Crippen LogP contribution is 2.37. The van der Waals surface area contributed by atoms with Crippen molar-refractivity contribution >= 4 is 26.6 Å². The zero-order valence-electron chi connectivity index (χ0n) is 10.9. The molecule has 6 nitrogen and oxygen atoms in total. The molecule has 1 N–H and O–H groups in total. The number of aromatic hydroxyl groups is 1. The number of diazo groups is 1. The molecule has 0 radical (unpaired) electrons. The Balaban J connectivity index is 2.75. The summed E-state index contributed by atoms with van der Waals surface area (Å²) >= 11 is 0. The maximum atomic E-state index is 12.1. The summed E-state index contributed by atoms with van der Waals surface area (Å²) < 4.78 is 29.2. The molecule has 0 fully saturated rings. The summed E-state index contributed by atoms with van der Waals surface area (Å²) in [7, 11) is -3.93. The van der Waals surface area contributed by atoms with Gasteiger partial charge in [0.2, 0.25) is 11.1 Å². The van der Waals surface area contributed by atoms with Crippen molar-refractivity contribution in [2.45, 2.75) is 24.8 Å². The largest absolute Gasteiger partial charge is 0.501 e. The summed E-state index contributed by atoms with van der Waals surface area (Å²) in [5.41, 5.74) is -0.0307. The van der Waals surface area contributed by atoms with E-state index in [0.29, 0.717) is 5.39 Å². The molecule has 0 aliphatic rings. The zero-order chi connectivity index (χ0) is 14.9. The molecule has 0 unspecified atom stereocenters. The number of nitrogens with zero attached hydrogens (tertiary/aromatic N) is 2. The van der Waals surface area contributed by atoms with Crippen molar-refractivity contribution < 1.29 is 17.7 Å². The lowest BCUT2D eigenvalue weighted by Gasteiger charge is -2.10. The van der Waals surface area contributed by atoms with Crippen molar-refractivity contribution in [2.24, 2.45) is 0 Å². The molecule has 2 aromatic carbocycles. The van der Waals surface area contributed by atoms with Crippen LogP contribution >= 0.6 is 0 Å². The Labute approximate surface area is 116 Å². The number of phenolic OH excluding ortho intramolecular Hbond substituents is 1. The minimum absolute atomic E-state index is 0.0307. The molecule has 0 amide bonds. The van der Waals surface area contributed by atoms with Gasteiger partial charge < -0.3 is 5.11 Å². The lowest BCUT2D eigenvalue weighted by molar-refractivity contribution is 0.249. The van der Waals surface area contributed by atoms with Crippen LogP contribution in [0, 0.1) is 5.39 Å². The molecular weight excluding hydrogens is 280 g/mol. The molecule has 0 spiro atoms. The molecule has 0 heterocycles. The van der Waals surface area contributed by atoms with E-state index in [1.54, 1.807) is 13.8 Å². The van der Waals surface area contributed by atoms with Crippen molar-refractivity contribution in [3.8, 4) is 5.75 Å². The maximum absolute atomic E-state index is 12.1. The highest BCUT2D eigenvalue weighted by Gasteiger charge is 2.23. The van der Waals surface area contributed by atoms with E-state index < -0.39 is 16.2 Å². The van der Waals surface area contributed by atoms with Crippen molar-refractivity contribution in [3.63, 3.8) is 0 Å². The molecule has 0 aliphatic carbocycles. The van der Waals surface area contributed by atoms with Gasteiger partial charge in [-0.3, -0.25) is 4.18 Å². The molecule has 104 valence electrons. The van der Waals surface area contributed by atoms with Gasteiger partial charge in [0, 0.05) is 16.8 Å². The lowest BCUT2D eigenvalue weighted by atomic mass is 10.1.